The first-order chi connectivity index (χ1) is 19.9. The van der Waals surface area contributed by atoms with E-state index in [1.807, 2.05) is 57.3 Å². The van der Waals surface area contributed by atoms with Gasteiger partial charge in [-0.3, -0.25) is 14.7 Å². The minimum atomic E-state index is -0.249. The molecule has 11 heteroatoms. The molecule has 4 aromatic rings. The minimum absolute atomic E-state index is 0.249. The van der Waals surface area contributed by atoms with E-state index in [2.05, 4.69) is 43.9 Å². The maximum atomic E-state index is 12.9. The number of piperazine rings is 1. The second kappa shape index (κ2) is 12.3. The molecule has 1 aliphatic heterocycles. The number of amides is 1. The molecule has 0 bridgehead atoms. The summed E-state index contributed by atoms with van der Waals surface area (Å²) in [6.07, 6.45) is 4.03. The van der Waals surface area contributed by atoms with Gasteiger partial charge >= 0.3 is 0 Å². The third-order valence-electron chi connectivity index (χ3n) is 7.27. The van der Waals surface area contributed by atoms with Crippen LogP contribution in [0.5, 0.6) is 5.75 Å². The number of rotatable bonds is 9. The highest BCUT2D eigenvalue weighted by Gasteiger charge is 2.19. The van der Waals surface area contributed by atoms with Gasteiger partial charge in [-0.25, -0.2) is 4.68 Å². The summed E-state index contributed by atoms with van der Waals surface area (Å²) in [5.41, 5.74) is 5.31. The highest BCUT2D eigenvalue weighted by Crippen LogP contribution is 2.37. The van der Waals surface area contributed by atoms with Gasteiger partial charge in [-0.05, 0) is 44.7 Å². The van der Waals surface area contributed by atoms with Gasteiger partial charge in [-0.1, -0.05) is 18.2 Å². The molecule has 41 heavy (non-hydrogen) atoms. The summed E-state index contributed by atoms with van der Waals surface area (Å²) in [7, 11) is 3.96. The smallest absolute Gasteiger partial charge is 0.248 e. The molecule has 0 radical (unpaired) electrons. The molecule has 212 valence electrons. The Labute approximate surface area is 239 Å². The zero-order valence-electron chi connectivity index (χ0n) is 23.9. The maximum Gasteiger partial charge on any atom is 0.248 e. The number of anilines is 3. The van der Waals surface area contributed by atoms with E-state index in [9.17, 15) is 10.1 Å². The molecule has 1 fully saturated rings. The highest BCUT2D eigenvalue weighted by atomic mass is 16.5. The largest absolute Gasteiger partial charge is 0.492 e. The van der Waals surface area contributed by atoms with E-state index in [-0.39, 0.29) is 5.91 Å². The highest BCUT2D eigenvalue weighted by molar-refractivity contribution is 6.05. The summed E-state index contributed by atoms with van der Waals surface area (Å²) >= 11 is 0. The lowest BCUT2D eigenvalue weighted by Gasteiger charge is -2.31. The van der Waals surface area contributed by atoms with Crippen molar-refractivity contribution in [1.29, 1.82) is 5.26 Å². The number of fused-ring (bicyclic) bond motifs is 2. The lowest BCUT2D eigenvalue weighted by molar-refractivity contribution is -0.111. The van der Waals surface area contributed by atoms with Crippen LogP contribution < -0.4 is 15.4 Å². The summed E-state index contributed by atoms with van der Waals surface area (Å²) in [6.45, 7) is 9.02. The third kappa shape index (κ3) is 6.14. The fourth-order valence-electron chi connectivity index (χ4n) is 5.00. The number of hydrogen-bond acceptors (Lipinski definition) is 9. The molecule has 5 rings (SSSR count). The van der Waals surface area contributed by atoms with Gasteiger partial charge in [-0.15, -0.1) is 5.10 Å². The summed E-state index contributed by atoms with van der Waals surface area (Å²) < 4.78 is 7.61. The number of nitriles is 1. The average Bonchev–Trinajstić information content (AvgIpc) is 3.34. The van der Waals surface area contributed by atoms with E-state index in [4.69, 9.17) is 9.72 Å². The molecule has 0 saturated carbocycles. The SMILES string of the molecule is CCOc1cc2nc(CC)c(C#N)c(Nc3ccc4c(c3)nnn4C)c2cc1NC(=O)/C=C/CN1CCN(C)CC1. The summed E-state index contributed by atoms with van der Waals surface area (Å²) in [5.74, 6) is 0.271. The molecule has 3 heterocycles. The molecule has 2 N–H and O–H groups in total. The van der Waals surface area contributed by atoms with Gasteiger partial charge in [0.05, 0.1) is 40.3 Å². The first-order valence-corrected chi connectivity index (χ1v) is 13.9. The molecule has 1 aliphatic rings. The number of aromatic nitrogens is 4. The zero-order valence-corrected chi connectivity index (χ0v) is 23.9. The van der Waals surface area contributed by atoms with Crippen LogP contribution >= 0.6 is 0 Å². The molecule has 0 spiro atoms. The normalized spacial score (nSPS) is 14.5. The van der Waals surface area contributed by atoms with Crippen LogP contribution in [0, 0.1) is 11.3 Å². The first kappa shape index (κ1) is 28.0. The quantitative estimate of drug-likeness (QED) is 0.298. The molecule has 1 saturated heterocycles. The van der Waals surface area contributed by atoms with E-state index >= 15 is 0 Å². The Hall–Kier alpha value is -4.53. The van der Waals surface area contributed by atoms with Crippen LogP contribution in [0.2, 0.25) is 0 Å². The number of likely N-dealkylation sites (N-methyl/N-ethyl adjacent to an activating group) is 1. The molecule has 1 amide bonds. The van der Waals surface area contributed by atoms with Crippen molar-refractivity contribution >= 4 is 44.9 Å². The van der Waals surface area contributed by atoms with Crippen molar-refractivity contribution in [2.45, 2.75) is 20.3 Å². The molecule has 0 aliphatic carbocycles. The fraction of sp³-hybridized carbons (Fsp3) is 0.367. The van der Waals surface area contributed by atoms with Gasteiger partial charge in [0.1, 0.15) is 17.3 Å². The van der Waals surface area contributed by atoms with Gasteiger partial charge in [-0.2, -0.15) is 5.26 Å². The molecule has 11 nitrogen and oxygen atoms in total. The number of carbonyl (C=O) groups is 1. The van der Waals surface area contributed by atoms with E-state index in [1.54, 1.807) is 10.8 Å². The number of nitrogens with one attached hydrogen (secondary N) is 2. The average molecular weight is 554 g/mol. The predicted molar refractivity (Wildman–Crippen MR) is 161 cm³/mol. The number of benzene rings is 2. The Bertz CT molecular complexity index is 1650. The first-order valence-electron chi connectivity index (χ1n) is 13.9. The van der Waals surface area contributed by atoms with Crippen LogP contribution in [0.15, 0.2) is 42.5 Å². The van der Waals surface area contributed by atoms with Crippen LogP contribution in [0.3, 0.4) is 0 Å². The maximum absolute atomic E-state index is 12.9. The standard InChI is InChI=1S/C30H35N9O2/c1-5-23-22(19-31)30(32-20-9-10-27-25(16-20)35-36-38(27)4)21-17-26(28(41-6-2)18-24(21)33-23)34-29(40)8-7-11-39-14-12-37(3)13-15-39/h7-10,16-18H,5-6,11-15H2,1-4H3,(H,32,33)(H,34,40)/b8-7+. The van der Waals surface area contributed by atoms with Crippen LogP contribution in [0.4, 0.5) is 17.1 Å². The Morgan fingerprint density at radius 2 is 1.93 bits per heavy atom. The van der Waals surface area contributed by atoms with Gasteiger partial charge in [0.15, 0.2) is 0 Å². The van der Waals surface area contributed by atoms with Crippen LogP contribution in [-0.4, -0.2) is 82.1 Å². The minimum Gasteiger partial charge on any atom is -0.492 e. The van der Waals surface area contributed by atoms with E-state index in [0.29, 0.717) is 52.3 Å². The van der Waals surface area contributed by atoms with E-state index in [1.165, 1.54) is 0 Å². The fourth-order valence-corrected chi connectivity index (χ4v) is 5.00. The molecular formula is C30H35N9O2. The van der Waals surface area contributed by atoms with Crippen LogP contribution in [0.1, 0.15) is 25.1 Å². The predicted octanol–water partition coefficient (Wildman–Crippen LogP) is 3.83. The number of hydrogen-bond donors (Lipinski definition) is 2. The van der Waals surface area contributed by atoms with Gasteiger partial charge < -0.3 is 20.3 Å². The molecule has 0 unspecified atom stereocenters. The van der Waals surface area contributed by atoms with Gasteiger partial charge in [0, 0.05) is 63.0 Å². The van der Waals surface area contributed by atoms with E-state index < -0.39 is 0 Å². The topological polar surface area (TPSA) is 124 Å². The monoisotopic (exact) mass is 553 g/mol. The molecular weight excluding hydrogens is 518 g/mol. The van der Waals surface area contributed by atoms with Crippen LogP contribution in [-0.2, 0) is 18.3 Å². The number of ether oxygens (including phenoxy) is 1. The Balaban J connectivity index is 1.49. The van der Waals surface area contributed by atoms with Crippen molar-refractivity contribution in [2.24, 2.45) is 7.05 Å². The van der Waals surface area contributed by atoms with Crippen molar-refractivity contribution < 1.29 is 9.53 Å². The van der Waals surface area contributed by atoms with Crippen molar-refractivity contribution in [3.8, 4) is 11.8 Å². The van der Waals surface area contributed by atoms with Gasteiger partial charge in [0.25, 0.3) is 0 Å². The number of pyridine rings is 1. The lowest BCUT2D eigenvalue weighted by atomic mass is 10.0. The summed E-state index contributed by atoms with van der Waals surface area (Å²) in [5, 5.41) is 25.6. The molecule has 0 atom stereocenters. The summed E-state index contributed by atoms with van der Waals surface area (Å²) in [4.78, 5) is 22.4. The number of aryl methyl sites for hydroxylation is 2. The Morgan fingerprint density at radius 3 is 2.66 bits per heavy atom. The Morgan fingerprint density at radius 1 is 1.12 bits per heavy atom. The second-order valence-electron chi connectivity index (χ2n) is 10.1. The van der Waals surface area contributed by atoms with Crippen molar-refractivity contribution in [3.05, 3.63) is 53.7 Å². The zero-order chi connectivity index (χ0) is 28.9. The van der Waals surface area contributed by atoms with Gasteiger partial charge in [0.2, 0.25) is 5.91 Å². The van der Waals surface area contributed by atoms with Crippen molar-refractivity contribution in [1.82, 2.24) is 29.8 Å². The van der Waals surface area contributed by atoms with Crippen molar-refractivity contribution in [3.63, 3.8) is 0 Å². The third-order valence-corrected chi connectivity index (χ3v) is 7.27. The van der Waals surface area contributed by atoms with E-state index in [0.717, 1.165) is 49.4 Å². The lowest BCUT2D eigenvalue weighted by Crippen LogP contribution is -2.44. The van der Waals surface area contributed by atoms with Crippen LogP contribution in [0.25, 0.3) is 21.9 Å². The molecule has 2 aromatic carbocycles. The number of carbonyl (C=O) groups excluding carboxylic acids is 1. The van der Waals surface area contributed by atoms with Crippen molar-refractivity contribution in [2.75, 3.05) is 57.0 Å². The number of nitrogens with zero attached hydrogens (tertiary/aromatic N) is 7. The Kier molecular flexibility index (Phi) is 8.42. The summed E-state index contributed by atoms with van der Waals surface area (Å²) in [6, 6.07) is 11.7. The second-order valence-corrected chi connectivity index (χ2v) is 10.1. The molecule has 2 aromatic heterocycles.